The van der Waals surface area contributed by atoms with Gasteiger partial charge in [0.25, 0.3) is 0 Å². The Kier molecular flexibility index (Phi) is 4.38. The largest absolute Gasteiger partial charge is 0.330 e. The molecule has 96 valence electrons. The maximum Gasteiger partial charge on any atom is 0.126 e. The van der Waals surface area contributed by atoms with Gasteiger partial charge in [-0.05, 0) is 37.1 Å². The second-order valence-electron chi connectivity index (χ2n) is 4.08. The van der Waals surface area contributed by atoms with Crippen molar-refractivity contribution in [3.05, 3.63) is 51.5 Å². The lowest BCUT2D eigenvalue weighted by Gasteiger charge is -1.99. The molecule has 1 aromatic heterocycles. The van der Waals surface area contributed by atoms with Gasteiger partial charge in [-0.15, -0.1) is 11.3 Å². The Morgan fingerprint density at radius 3 is 2.56 bits per heavy atom. The van der Waals surface area contributed by atoms with Crippen LogP contribution in [0.15, 0.2) is 23.6 Å². The molecule has 0 aliphatic heterocycles. The summed E-state index contributed by atoms with van der Waals surface area (Å²) in [7, 11) is 0. The van der Waals surface area contributed by atoms with E-state index in [9.17, 15) is 8.78 Å². The first-order chi connectivity index (χ1) is 8.67. The fourth-order valence-corrected chi connectivity index (χ4v) is 2.58. The van der Waals surface area contributed by atoms with Crippen LogP contribution in [0.3, 0.4) is 0 Å². The molecule has 2 aromatic rings. The second-order valence-corrected chi connectivity index (χ2v) is 5.02. The van der Waals surface area contributed by atoms with Crippen LogP contribution in [0.25, 0.3) is 0 Å². The van der Waals surface area contributed by atoms with E-state index in [1.807, 2.05) is 5.38 Å². The highest BCUT2D eigenvalue weighted by atomic mass is 32.1. The zero-order valence-electron chi connectivity index (χ0n) is 9.83. The summed E-state index contributed by atoms with van der Waals surface area (Å²) in [5, 5.41) is 2.84. The van der Waals surface area contributed by atoms with E-state index in [0.717, 1.165) is 29.6 Å². The minimum atomic E-state index is -0.551. The number of nitrogens with two attached hydrogens (primary N) is 1. The first-order valence-electron chi connectivity index (χ1n) is 5.75. The van der Waals surface area contributed by atoms with Crippen LogP contribution in [0.4, 0.5) is 8.78 Å². The zero-order chi connectivity index (χ0) is 13.0. The van der Waals surface area contributed by atoms with Crippen molar-refractivity contribution >= 4 is 11.3 Å². The quantitative estimate of drug-likeness (QED) is 0.905. The summed E-state index contributed by atoms with van der Waals surface area (Å²) in [6.07, 6.45) is 2.21. The van der Waals surface area contributed by atoms with Gasteiger partial charge in [0.15, 0.2) is 0 Å². The third-order valence-electron chi connectivity index (χ3n) is 2.51. The average Bonchev–Trinajstić information content (AvgIpc) is 2.72. The number of thiazole rings is 1. The SMILES string of the molecule is NCCCc1csc(Cc2cc(F)cc(F)c2)n1. The summed E-state index contributed by atoms with van der Waals surface area (Å²) in [5.74, 6) is -1.10. The Balaban J connectivity index is 2.06. The number of hydrogen-bond donors (Lipinski definition) is 1. The first-order valence-corrected chi connectivity index (χ1v) is 6.63. The van der Waals surface area contributed by atoms with E-state index in [1.165, 1.54) is 23.5 Å². The van der Waals surface area contributed by atoms with Crippen molar-refractivity contribution in [1.82, 2.24) is 4.98 Å². The van der Waals surface area contributed by atoms with Gasteiger partial charge in [0.1, 0.15) is 11.6 Å². The van der Waals surface area contributed by atoms with Crippen molar-refractivity contribution in [3.63, 3.8) is 0 Å². The van der Waals surface area contributed by atoms with Crippen molar-refractivity contribution in [1.29, 1.82) is 0 Å². The van der Waals surface area contributed by atoms with Crippen LogP contribution in [-0.2, 0) is 12.8 Å². The van der Waals surface area contributed by atoms with Crippen LogP contribution in [0.2, 0.25) is 0 Å². The van der Waals surface area contributed by atoms with Crippen LogP contribution in [-0.4, -0.2) is 11.5 Å². The van der Waals surface area contributed by atoms with E-state index in [4.69, 9.17) is 5.73 Å². The highest BCUT2D eigenvalue weighted by molar-refractivity contribution is 7.09. The number of aryl methyl sites for hydroxylation is 1. The molecule has 1 heterocycles. The van der Waals surface area contributed by atoms with Gasteiger partial charge in [-0.25, -0.2) is 13.8 Å². The number of rotatable bonds is 5. The van der Waals surface area contributed by atoms with Crippen LogP contribution in [0.1, 0.15) is 22.7 Å². The van der Waals surface area contributed by atoms with Gasteiger partial charge in [0, 0.05) is 17.9 Å². The maximum absolute atomic E-state index is 13.0. The normalized spacial score (nSPS) is 10.8. The summed E-state index contributed by atoms with van der Waals surface area (Å²) in [5.41, 5.74) is 7.03. The van der Waals surface area contributed by atoms with Crippen LogP contribution < -0.4 is 5.73 Å². The van der Waals surface area contributed by atoms with Gasteiger partial charge in [-0.3, -0.25) is 0 Å². The van der Waals surface area contributed by atoms with E-state index in [0.29, 0.717) is 18.5 Å². The standard InChI is InChI=1S/C13H14F2N2S/c14-10-4-9(5-11(15)7-10)6-13-17-12(8-18-13)2-1-3-16/h4-5,7-8H,1-3,6,16H2. The van der Waals surface area contributed by atoms with Gasteiger partial charge < -0.3 is 5.73 Å². The zero-order valence-corrected chi connectivity index (χ0v) is 10.6. The predicted molar refractivity (Wildman–Crippen MR) is 68.7 cm³/mol. The molecule has 0 aliphatic carbocycles. The van der Waals surface area contributed by atoms with Gasteiger partial charge in [-0.2, -0.15) is 0 Å². The summed E-state index contributed by atoms with van der Waals surface area (Å²) in [6.45, 7) is 0.641. The molecule has 0 aliphatic rings. The molecule has 0 saturated heterocycles. The molecule has 1 aromatic carbocycles. The van der Waals surface area contributed by atoms with E-state index < -0.39 is 11.6 Å². The Morgan fingerprint density at radius 1 is 1.17 bits per heavy atom. The summed E-state index contributed by atoms with van der Waals surface area (Å²) < 4.78 is 26.1. The molecular weight excluding hydrogens is 254 g/mol. The van der Waals surface area contributed by atoms with Gasteiger partial charge in [0.05, 0.1) is 10.7 Å². The fourth-order valence-electron chi connectivity index (χ4n) is 1.72. The molecule has 2 rings (SSSR count). The highest BCUT2D eigenvalue weighted by Gasteiger charge is 2.06. The minimum Gasteiger partial charge on any atom is -0.330 e. The van der Waals surface area contributed by atoms with E-state index in [2.05, 4.69) is 4.98 Å². The molecule has 0 amide bonds. The first kappa shape index (κ1) is 13.1. The Hall–Kier alpha value is -1.33. The molecule has 0 radical (unpaired) electrons. The van der Waals surface area contributed by atoms with Crippen LogP contribution in [0.5, 0.6) is 0 Å². The third-order valence-corrected chi connectivity index (χ3v) is 3.41. The van der Waals surface area contributed by atoms with Crippen molar-refractivity contribution in [2.24, 2.45) is 5.73 Å². The lowest BCUT2D eigenvalue weighted by atomic mass is 10.1. The van der Waals surface area contributed by atoms with E-state index in [-0.39, 0.29) is 0 Å². The van der Waals surface area contributed by atoms with Gasteiger partial charge in [0.2, 0.25) is 0 Å². The number of halogens is 2. The molecule has 2 nitrogen and oxygen atoms in total. The third kappa shape index (κ3) is 3.58. The monoisotopic (exact) mass is 268 g/mol. The molecule has 0 atom stereocenters. The van der Waals surface area contributed by atoms with Crippen molar-refractivity contribution in [2.45, 2.75) is 19.3 Å². The molecule has 0 fully saturated rings. The minimum absolute atomic E-state index is 0.460. The Labute approximate surface area is 108 Å². The number of nitrogens with zero attached hydrogens (tertiary/aromatic N) is 1. The van der Waals surface area contributed by atoms with Crippen LogP contribution >= 0.6 is 11.3 Å². The molecule has 5 heteroatoms. The molecule has 0 saturated carbocycles. The lowest BCUT2D eigenvalue weighted by molar-refractivity contribution is 0.580. The smallest absolute Gasteiger partial charge is 0.126 e. The van der Waals surface area contributed by atoms with E-state index in [1.54, 1.807) is 0 Å². The van der Waals surface area contributed by atoms with Crippen molar-refractivity contribution < 1.29 is 8.78 Å². The van der Waals surface area contributed by atoms with Crippen molar-refractivity contribution in [2.75, 3.05) is 6.54 Å². The summed E-state index contributed by atoms with van der Waals surface area (Å²) in [4.78, 5) is 4.42. The van der Waals surface area contributed by atoms with Crippen LogP contribution in [0, 0.1) is 11.6 Å². The van der Waals surface area contributed by atoms with Crippen molar-refractivity contribution in [3.8, 4) is 0 Å². The molecule has 0 bridgehead atoms. The number of aromatic nitrogens is 1. The summed E-state index contributed by atoms with van der Waals surface area (Å²) >= 11 is 1.51. The number of hydrogen-bond acceptors (Lipinski definition) is 3. The number of benzene rings is 1. The molecule has 2 N–H and O–H groups in total. The lowest BCUT2D eigenvalue weighted by Crippen LogP contribution is -2.00. The van der Waals surface area contributed by atoms with Gasteiger partial charge in [-0.1, -0.05) is 0 Å². The molecule has 0 spiro atoms. The fraction of sp³-hybridized carbons (Fsp3) is 0.308. The maximum atomic E-state index is 13.0. The topological polar surface area (TPSA) is 38.9 Å². The summed E-state index contributed by atoms with van der Waals surface area (Å²) in [6, 6.07) is 3.55. The van der Waals surface area contributed by atoms with E-state index >= 15 is 0 Å². The molecular formula is C13H14F2N2S. The second kappa shape index (κ2) is 6.02. The Bertz CT molecular complexity index is 505. The molecule has 0 unspecified atom stereocenters. The highest BCUT2D eigenvalue weighted by Crippen LogP contribution is 2.17. The average molecular weight is 268 g/mol. The van der Waals surface area contributed by atoms with Gasteiger partial charge >= 0.3 is 0 Å². The predicted octanol–water partition coefficient (Wildman–Crippen LogP) is 2.90. The molecule has 18 heavy (non-hydrogen) atoms. The Morgan fingerprint density at radius 2 is 1.89 bits per heavy atom.